The number of likely N-dealkylation sites (tertiary alicyclic amines) is 1. The summed E-state index contributed by atoms with van der Waals surface area (Å²) in [5, 5.41) is -0.255. The van der Waals surface area contributed by atoms with Crippen molar-refractivity contribution in [3.8, 4) is 11.5 Å². The molecule has 1 aromatic heterocycles. The van der Waals surface area contributed by atoms with Crippen molar-refractivity contribution >= 4 is 21.7 Å². The van der Waals surface area contributed by atoms with Crippen molar-refractivity contribution in [1.29, 1.82) is 0 Å². The Kier molecular flexibility index (Phi) is 9.81. The number of rotatable bonds is 10. The Morgan fingerprint density at radius 1 is 1.09 bits per heavy atom. The maximum atomic E-state index is 14.3. The zero-order valence-corrected chi connectivity index (χ0v) is 27.4. The summed E-state index contributed by atoms with van der Waals surface area (Å²) < 4.78 is 47.4. The molecule has 0 bridgehead atoms. The average Bonchev–Trinajstić information content (AvgIpc) is 2.97. The number of aromatic nitrogens is 2. The molecule has 1 aliphatic carbocycles. The van der Waals surface area contributed by atoms with Crippen LogP contribution >= 0.6 is 0 Å². The van der Waals surface area contributed by atoms with E-state index in [1.807, 2.05) is 27.7 Å². The van der Waals surface area contributed by atoms with E-state index in [1.165, 1.54) is 31.6 Å². The maximum Gasteiger partial charge on any atom is 0.258 e. The summed E-state index contributed by atoms with van der Waals surface area (Å²) >= 11 is 0. The van der Waals surface area contributed by atoms with Crippen LogP contribution in [0.25, 0.3) is 0 Å². The molecule has 12 heteroatoms. The molecule has 2 saturated heterocycles. The van der Waals surface area contributed by atoms with Crippen LogP contribution in [-0.4, -0.2) is 91.2 Å². The Morgan fingerprint density at radius 3 is 2.36 bits per heavy atom. The molecule has 1 amide bonds. The Bertz CT molecular complexity index is 1410. The second-order valence-electron chi connectivity index (χ2n) is 13.4. The monoisotopic (exact) mass is 630 g/mol. The van der Waals surface area contributed by atoms with Gasteiger partial charge in [-0.05, 0) is 110 Å². The van der Waals surface area contributed by atoms with E-state index in [4.69, 9.17) is 4.74 Å². The minimum Gasteiger partial charge on any atom is -0.451 e. The molecule has 1 spiro atoms. The van der Waals surface area contributed by atoms with Gasteiger partial charge in [-0.2, -0.15) is 0 Å². The fourth-order valence-corrected chi connectivity index (χ4v) is 8.52. The molecule has 44 heavy (non-hydrogen) atoms. The van der Waals surface area contributed by atoms with Gasteiger partial charge in [0.25, 0.3) is 5.91 Å². The van der Waals surface area contributed by atoms with E-state index in [0.717, 1.165) is 71.2 Å². The highest BCUT2D eigenvalue weighted by molar-refractivity contribution is 7.90. The van der Waals surface area contributed by atoms with Crippen LogP contribution in [0.3, 0.4) is 0 Å². The maximum absolute atomic E-state index is 14.3. The molecule has 0 radical (unpaired) electrons. The summed E-state index contributed by atoms with van der Waals surface area (Å²) in [7, 11) is -1.67. The van der Waals surface area contributed by atoms with Crippen molar-refractivity contribution in [2.24, 2.45) is 11.3 Å². The highest BCUT2D eigenvalue weighted by Gasteiger charge is 2.46. The van der Waals surface area contributed by atoms with Crippen molar-refractivity contribution in [3.05, 3.63) is 42.1 Å². The van der Waals surface area contributed by atoms with Gasteiger partial charge in [-0.3, -0.25) is 4.79 Å². The molecule has 0 atom stereocenters. The first-order chi connectivity index (χ1) is 20.9. The van der Waals surface area contributed by atoms with Crippen molar-refractivity contribution in [2.75, 3.05) is 44.7 Å². The van der Waals surface area contributed by atoms with E-state index in [2.05, 4.69) is 24.5 Å². The van der Waals surface area contributed by atoms with E-state index in [-0.39, 0.29) is 40.0 Å². The van der Waals surface area contributed by atoms with Crippen molar-refractivity contribution in [1.82, 2.24) is 24.5 Å². The van der Waals surface area contributed by atoms with Crippen LogP contribution in [0.15, 0.2) is 30.7 Å². The van der Waals surface area contributed by atoms with Crippen molar-refractivity contribution < 1.29 is 22.3 Å². The van der Waals surface area contributed by atoms with E-state index >= 15 is 0 Å². The predicted octanol–water partition coefficient (Wildman–Crippen LogP) is 4.68. The number of hydrogen-bond donors (Lipinski definition) is 1. The van der Waals surface area contributed by atoms with Gasteiger partial charge in [-0.25, -0.2) is 27.5 Å². The fraction of sp³-hybridized carbons (Fsp3) is 0.656. The molecule has 1 saturated carbocycles. The lowest BCUT2D eigenvalue weighted by molar-refractivity contribution is 0.0627. The summed E-state index contributed by atoms with van der Waals surface area (Å²) in [4.78, 5) is 28.7. The molecule has 242 valence electrons. The summed E-state index contributed by atoms with van der Waals surface area (Å²) in [5.41, 5.74) is 0.398. The van der Waals surface area contributed by atoms with E-state index in [1.54, 1.807) is 11.1 Å². The quantitative estimate of drug-likeness (QED) is 0.404. The molecular weight excluding hydrogens is 583 g/mol. The first-order valence-electron chi connectivity index (χ1n) is 15.9. The number of piperidine rings is 1. The van der Waals surface area contributed by atoms with Gasteiger partial charge in [0.2, 0.25) is 10.0 Å². The number of carbonyl (C=O) groups excluding carboxylic acids is 1. The average molecular weight is 631 g/mol. The summed E-state index contributed by atoms with van der Waals surface area (Å²) in [6, 6.07) is 3.91. The highest BCUT2D eigenvalue weighted by atomic mass is 32.2. The van der Waals surface area contributed by atoms with Crippen molar-refractivity contribution in [3.63, 3.8) is 0 Å². The zero-order valence-electron chi connectivity index (χ0n) is 26.6. The number of carbonyl (C=O) groups is 1. The third-order valence-corrected chi connectivity index (χ3v) is 11.6. The number of nitrogens with one attached hydrogen (secondary N) is 1. The predicted molar refractivity (Wildman–Crippen MR) is 169 cm³/mol. The number of hydrogen-bond acceptors (Lipinski definition) is 8. The lowest BCUT2D eigenvalue weighted by atomic mass is 9.71. The first kappa shape index (κ1) is 32.6. The third kappa shape index (κ3) is 7.02. The number of nitrogens with zero attached hydrogens (tertiary/aromatic N) is 5. The first-order valence-corrected chi connectivity index (χ1v) is 17.5. The van der Waals surface area contributed by atoms with Crippen molar-refractivity contribution in [2.45, 2.75) is 83.6 Å². The molecule has 0 unspecified atom stereocenters. The minimum atomic E-state index is -3.17. The largest absolute Gasteiger partial charge is 0.451 e. The van der Waals surface area contributed by atoms with Gasteiger partial charge in [0, 0.05) is 37.1 Å². The molecular formula is C32H47FN6O4S. The SMILES string of the molecule is CNS(=O)(=O)C1CCC(CN2CCC3(CC2)CN(c2ncncc2Oc2ccc(F)cc2C(=O)N(C(C)C)C(C)C)C3)CC1. The Labute approximate surface area is 261 Å². The van der Waals surface area contributed by atoms with Crippen LogP contribution in [0.5, 0.6) is 11.5 Å². The van der Waals surface area contributed by atoms with Gasteiger partial charge in [-0.15, -0.1) is 0 Å². The van der Waals surface area contributed by atoms with Crippen LogP contribution in [0.4, 0.5) is 10.2 Å². The third-order valence-electron chi connectivity index (χ3n) is 9.70. The number of halogens is 1. The lowest BCUT2D eigenvalue weighted by Gasteiger charge is -2.54. The molecule has 2 aliphatic heterocycles. The summed E-state index contributed by atoms with van der Waals surface area (Å²) in [5.74, 6) is 1.17. The Hall–Kier alpha value is -2.83. The number of benzene rings is 1. The smallest absolute Gasteiger partial charge is 0.258 e. The van der Waals surface area contributed by atoms with Gasteiger partial charge in [0.1, 0.15) is 17.9 Å². The molecule has 2 aromatic rings. The molecule has 1 N–H and O–H groups in total. The lowest BCUT2D eigenvalue weighted by Crippen LogP contribution is -2.61. The molecule has 1 aromatic carbocycles. The van der Waals surface area contributed by atoms with Gasteiger partial charge in [-0.1, -0.05) is 0 Å². The number of amides is 1. The Morgan fingerprint density at radius 2 is 1.75 bits per heavy atom. The summed E-state index contributed by atoms with van der Waals surface area (Å²) in [6.45, 7) is 12.6. The van der Waals surface area contributed by atoms with E-state index in [0.29, 0.717) is 17.5 Å². The van der Waals surface area contributed by atoms with E-state index < -0.39 is 15.8 Å². The molecule has 5 rings (SSSR count). The minimum absolute atomic E-state index is 0.0601. The van der Waals surface area contributed by atoms with Crippen LogP contribution in [0.1, 0.15) is 76.6 Å². The van der Waals surface area contributed by atoms with Crippen LogP contribution in [-0.2, 0) is 10.0 Å². The number of sulfonamides is 1. The number of ether oxygens (including phenoxy) is 1. The van der Waals surface area contributed by atoms with Gasteiger partial charge < -0.3 is 19.4 Å². The van der Waals surface area contributed by atoms with Crippen LogP contribution in [0.2, 0.25) is 0 Å². The fourth-order valence-electron chi connectivity index (χ4n) is 7.30. The normalized spacial score (nSPS) is 22.3. The van der Waals surface area contributed by atoms with Crippen LogP contribution in [0, 0.1) is 17.2 Å². The molecule has 10 nitrogen and oxygen atoms in total. The number of anilines is 1. The molecule has 3 fully saturated rings. The van der Waals surface area contributed by atoms with Gasteiger partial charge >= 0.3 is 0 Å². The molecule has 3 aliphatic rings. The Balaban J connectivity index is 1.19. The highest BCUT2D eigenvalue weighted by Crippen LogP contribution is 2.45. The van der Waals surface area contributed by atoms with Gasteiger partial charge in [0.15, 0.2) is 11.6 Å². The van der Waals surface area contributed by atoms with E-state index in [9.17, 15) is 17.6 Å². The molecule has 3 heterocycles. The second kappa shape index (κ2) is 13.3. The second-order valence-corrected chi connectivity index (χ2v) is 15.6. The standard InChI is InChI=1S/C32H47FN6O4S/c1-22(2)39(23(3)4)31(40)27-16-25(33)8-11-28(27)43-29-17-35-21-36-30(29)38-19-32(20-38)12-14-37(15-13-32)18-24-6-9-26(10-7-24)44(41,42)34-5/h8,11,16-17,21-24,26,34H,6-7,9-10,12-15,18-20H2,1-5H3. The topological polar surface area (TPSA) is 108 Å². The summed E-state index contributed by atoms with van der Waals surface area (Å²) in [6.07, 6.45) is 8.72. The van der Waals surface area contributed by atoms with Crippen LogP contribution < -0.4 is 14.4 Å². The van der Waals surface area contributed by atoms with Gasteiger partial charge in [0.05, 0.1) is 17.0 Å². The zero-order chi connectivity index (χ0) is 31.6.